The number of carbonyl (C=O) groups is 1. The van der Waals surface area contributed by atoms with Crippen LogP contribution in [0, 0.1) is 0 Å². The van der Waals surface area contributed by atoms with Gasteiger partial charge in [-0.05, 0) is 30.7 Å². The van der Waals surface area contributed by atoms with E-state index in [0.29, 0.717) is 22.1 Å². The number of halogens is 2. The topological polar surface area (TPSA) is 54.9 Å². The summed E-state index contributed by atoms with van der Waals surface area (Å²) in [6, 6.07) is 7.09. The second-order valence-electron chi connectivity index (χ2n) is 3.56. The average Bonchev–Trinajstić information content (AvgIpc) is 2.34. The molecule has 2 aromatic rings. The lowest BCUT2D eigenvalue weighted by molar-refractivity contribution is 0.101. The first-order valence-electron chi connectivity index (χ1n) is 5.13. The van der Waals surface area contributed by atoms with E-state index in [1.165, 1.54) is 13.1 Å². The summed E-state index contributed by atoms with van der Waals surface area (Å²) in [6.45, 7) is 1.50. The highest BCUT2D eigenvalue weighted by Gasteiger charge is 2.09. The molecule has 0 unspecified atom stereocenters. The minimum absolute atomic E-state index is 0.0469. The van der Waals surface area contributed by atoms with Crippen LogP contribution in [0.25, 0.3) is 0 Å². The molecule has 0 aliphatic heterocycles. The van der Waals surface area contributed by atoms with Gasteiger partial charge in [0.1, 0.15) is 5.02 Å². The lowest BCUT2D eigenvalue weighted by atomic mass is 10.1. The van der Waals surface area contributed by atoms with Crippen molar-refractivity contribution >= 4 is 40.5 Å². The van der Waals surface area contributed by atoms with E-state index >= 15 is 0 Å². The summed E-state index contributed by atoms with van der Waals surface area (Å²) in [5, 5.41) is 3.39. The molecule has 92 valence electrons. The molecule has 1 heterocycles. The largest absolute Gasteiger partial charge is 0.338 e. The molecule has 0 radical (unpaired) electrons. The number of ketones is 1. The summed E-state index contributed by atoms with van der Waals surface area (Å²) in [5.74, 6) is 0.319. The van der Waals surface area contributed by atoms with Crippen LogP contribution in [0.15, 0.2) is 30.5 Å². The van der Waals surface area contributed by atoms with Crippen LogP contribution < -0.4 is 5.32 Å². The predicted molar refractivity (Wildman–Crippen MR) is 71.8 cm³/mol. The van der Waals surface area contributed by atoms with Gasteiger partial charge in [-0.15, -0.1) is 0 Å². The molecule has 0 saturated heterocycles. The van der Waals surface area contributed by atoms with E-state index in [4.69, 9.17) is 23.2 Å². The van der Waals surface area contributed by atoms with Gasteiger partial charge in [0, 0.05) is 5.56 Å². The fraction of sp³-hybridized carbons (Fsp3) is 0.0833. The summed E-state index contributed by atoms with van der Waals surface area (Å²) in [7, 11) is 0. The Morgan fingerprint density at radius 3 is 2.72 bits per heavy atom. The number of carbonyl (C=O) groups excluding carboxylic acids is 1. The number of rotatable bonds is 3. The van der Waals surface area contributed by atoms with Crippen LogP contribution in [0.1, 0.15) is 17.3 Å². The number of para-hydroxylation sites is 1. The molecule has 6 heteroatoms. The van der Waals surface area contributed by atoms with Crippen molar-refractivity contribution < 1.29 is 4.79 Å². The smallest absolute Gasteiger partial charge is 0.224 e. The molecule has 0 bridgehead atoms. The van der Waals surface area contributed by atoms with Gasteiger partial charge >= 0.3 is 0 Å². The molecule has 18 heavy (non-hydrogen) atoms. The molecule has 0 amide bonds. The normalized spacial score (nSPS) is 10.2. The lowest BCUT2D eigenvalue weighted by Gasteiger charge is -2.10. The molecular formula is C12H9Cl2N3O. The van der Waals surface area contributed by atoms with Crippen LogP contribution in [0.3, 0.4) is 0 Å². The summed E-state index contributed by atoms with van der Waals surface area (Å²) >= 11 is 11.6. The molecule has 0 saturated carbocycles. The van der Waals surface area contributed by atoms with Gasteiger partial charge in [0.25, 0.3) is 0 Å². The fourth-order valence-corrected chi connectivity index (χ4v) is 1.73. The zero-order chi connectivity index (χ0) is 13.1. The maximum Gasteiger partial charge on any atom is 0.224 e. The van der Waals surface area contributed by atoms with E-state index in [1.54, 1.807) is 18.2 Å². The highest BCUT2D eigenvalue weighted by atomic mass is 35.5. The maximum atomic E-state index is 11.5. The van der Waals surface area contributed by atoms with Crippen molar-refractivity contribution in [3.05, 3.63) is 46.3 Å². The molecule has 0 atom stereocenters. The molecule has 0 fully saturated rings. The van der Waals surface area contributed by atoms with Crippen molar-refractivity contribution in [1.82, 2.24) is 9.97 Å². The molecule has 1 aromatic heterocycles. The van der Waals surface area contributed by atoms with Crippen LogP contribution in [-0.4, -0.2) is 15.8 Å². The molecule has 1 aromatic carbocycles. The zero-order valence-corrected chi connectivity index (χ0v) is 11.0. The second kappa shape index (κ2) is 5.33. The monoisotopic (exact) mass is 281 g/mol. The zero-order valence-electron chi connectivity index (χ0n) is 9.45. The second-order valence-corrected chi connectivity index (χ2v) is 4.31. The molecule has 0 spiro atoms. The Labute approximate surface area is 114 Å². The van der Waals surface area contributed by atoms with Crippen LogP contribution in [0.2, 0.25) is 10.3 Å². The number of aromatic nitrogens is 2. The summed E-state index contributed by atoms with van der Waals surface area (Å²) in [4.78, 5) is 19.2. The molecular weight excluding hydrogens is 273 g/mol. The van der Waals surface area contributed by atoms with Gasteiger partial charge in [0.2, 0.25) is 5.28 Å². The molecule has 1 N–H and O–H groups in total. The third kappa shape index (κ3) is 2.78. The number of nitrogens with one attached hydrogen (secondary N) is 1. The van der Waals surface area contributed by atoms with Crippen molar-refractivity contribution in [3.63, 3.8) is 0 Å². The number of hydrogen-bond donors (Lipinski definition) is 1. The first-order valence-corrected chi connectivity index (χ1v) is 5.88. The number of nitrogens with zero attached hydrogens (tertiary/aromatic N) is 2. The molecule has 0 aliphatic carbocycles. The number of Topliss-reactive ketones (excluding diaryl/α,β-unsaturated/α-hetero) is 1. The Hall–Kier alpha value is -1.65. The van der Waals surface area contributed by atoms with Crippen LogP contribution in [-0.2, 0) is 0 Å². The van der Waals surface area contributed by atoms with E-state index in [1.807, 2.05) is 6.07 Å². The van der Waals surface area contributed by atoms with Crippen LogP contribution in [0.5, 0.6) is 0 Å². The summed E-state index contributed by atoms with van der Waals surface area (Å²) in [5.41, 5.74) is 1.19. The molecule has 2 rings (SSSR count). The minimum Gasteiger partial charge on any atom is -0.338 e. The first kappa shape index (κ1) is 12.8. The van der Waals surface area contributed by atoms with E-state index in [-0.39, 0.29) is 11.1 Å². The van der Waals surface area contributed by atoms with E-state index in [0.717, 1.165) is 0 Å². The van der Waals surface area contributed by atoms with Crippen molar-refractivity contribution in [3.8, 4) is 0 Å². The maximum absolute atomic E-state index is 11.5. The summed E-state index contributed by atoms with van der Waals surface area (Å²) in [6.07, 6.45) is 1.40. The number of anilines is 2. The minimum atomic E-state index is -0.0469. The Morgan fingerprint density at radius 2 is 2.00 bits per heavy atom. The third-order valence-corrected chi connectivity index (χ3v) is 2.73. The van der Waals surface area contributed by atoms with Gasteiger partial charge in [0.15, 0.2) is 11.6 Å². The van der Waals surface area contributed by atoms with Gasteiger partial charge in [0.05, 0.1) is 11.9 Å². The van der Waals surface area contributed by atoms with Crippen LogP contribution >= 0.6 is 23.2 Å². The highest BCUT2D eigenvalue weighted by Crippen LogP contribution is 2.25. The predicted octanol–water partition coefficient (Wildman–Crippen LogP) is 3.73. The average molecular weight is 282 g/mol. The SMILES string of the molecule is CC(=O)c1ccccc1Nc1nc(Cl)ncc1Cl. The van der Waals surface area contributed by atoms with Gasteiger partial charge in [-0.1, -0.05) is 23.7 Å². The number of hydrogen-bond acceptors (Lipinski definition) is 4. The molecule has 4 nitrogen and oxygen atoms in total. The van der Waals surface area contributed by atoms with E-state index in [2.05, 4.69) is 15.3 Å². The Morgan fingerprint density at radius 1 is 1.28 bits per heavy atom. The van der Waals surface area contributed by atoms with Gasteiger partial charge < -0.3 is 5.32 Å². The standard InChI is InChI=1S/C12H9Cl2N3O/c1-7(18)8-4-2-3-5-10(8)16-11-9(13)6-15-12(14)17-11/h2-6H,1H3,(H,15,16,17). The van der Waals surface area contributed by atoms with Crippen molar-refractivity contribution in [2.75, 3.05) is 5.32 Å². The van der Waals surface area contributed by atoms with Gasteiger partial charge in [-0.2, -0.15) is 4.98 Å². The highest BCUT2D eigenvalue weighted by molar-refractivity contribution is 6.33. The van der Waals surface area contributed by atoms with Crippen molar-refractivity contribution in [2.24, 2.45) is 0 Å². The van der Waals surface area contributed by atoms with E-state index in [9.17, 15) is 4.79 Å². The van der Waals surface area contributed by atoms with Gasteiger partial charge in [-0.3, -0.25) is 4.79 Å². The third-order valence-electron chi connectivity index (χ3n) is 2.27. The van der Waals surface area contributed by atoms with E-state index < -0.39 is 0 Å². The number of benzene rings is 1. The van der Waals surface area contributed by atoms with Crippen molar-refractivity contribution in [1.29, 1.82) is 0 Å². The quantitative estimate of drug-likeness (QED) is 0.688. The van der Waals surface area contributed by atoms with Crippen LogP contribution in [0.4, 0.5) is 11.5 Å². The fourth-order valence-electron chi connectivity index (χ4n) is 1.46. The van der Waals surface area contributed by atoms with Crippen molar-refractivity contribution in [2.45, 2.75) is 6.92 Å². The Bertz CT molecular complexity index is 602. The Kier molecular flexibility index (Phi) is 3.79. The summed E-state index contributed by atoms with van der Waals surface area (Å²) < 4.78 is 0. The first-order chi connectivity index (χ1) is 8.58. The molecule has 0 aliphatic rings. The van der Waals surface area contributed by atoms with Gasteiger partial charge in [-0.25, -0.2) is 4.98 Å². The lowest BCUT2D eigenvalue weighted by Crippen LogP contribution is -2.02. The Balaban J connectivity index is 2.40.